The van der Waals surface area contributed by atoms with Crippen molar-refractivity contribution in [1.82, 2.24) is 5.32 Å². The zero-order chi connectivity index (χ0) is 17.6. The SMILES string of the molecule is NCc1ccc(C(=O)Nc2ccc(C(=O)NC3CCCC3)cc2)cc1. The molecule has 2 aromatic carbocycles. The minimum absolute atomic E-state index is 0.0536. The predicted octanol–water partition coefficient (Wildman–Crippen LogP) is 3.07. The fourth-order valence-corrected chi connectivity index (χ4v) is 3.04. The first-order chi connectivity index (χ1) is 12.2. The van der Waals surface area contributed by atoms with Crippen LogP contribution in [-0.2, 0) is 6.54 Å². The highest BCUT2D eigenvalue weighted by Crippen LogP contribution is 2.18. The molecule has 1 saturated carbocycles. The number of hydrogen-bond acceptors (Lipinski definition) is 3. The van der Waals surface area contributed by atoms with E-state index in [1.54, 1.807) is 36.4 Å². The molecule has 3 rings (SSSR count). The first-order valence-electron chi connectivity index (χ1n) is 8.67. The van der Waals surface area contributed by atoms with Crippen molar-refractivity contribution in [2.24, 2.45) is 5.73 Å². The molecule has 5 nitrogen and oxygen atoms in total. The highest BCUT2D eigenvalue weighted by Gasteiger charge is 2.17. The molecule has 2 aromatic rings. The summed E-state index contributed by atoms with van der Waals surface area (Å²) in [5, 5.41) is 5.89. The summed E-state index contributed by atoms with van der Waals surface area (Å²) in [4.78, 5) is 24.4. The number of amides is 2. The van der Waals surface area contributed by atoms with E-state index in [9.17, 15) is 9.59 Å². The Kier molecular flexibility index (Phi) is 5.46. The molecule has 0 radical (unpaired) electrons. The molecular formula is C20H23N3O2. The number of rotatable bonds is 5. The summed E-state index contributed by atoms with van der Waals surface area (Å²) in [7, 11) is 0. The molecule has 1 fully saturated rings. The van der Waals surface area contributed by atoms with E-state index in [1.807, 2.05) is 12.1 Å². The number of nitrogens with one attached hydrogen (secondary N) is 2. The lowest BCUT2D eigenvalue weighted by Gasteiger charge is -2.12. The molecule has 5 heteroatoms. The van der Waals surface area contributed by atoms with Gasteiger partial charge in [0.25, 0.3) is 11.8 Å². The van der Waals surface area contributed by atoms with Gasteiger partial charge in [-0.05, 0) is 54.8 Å². The molecule has 0 atom stereocenters. The molecular weight excluding hydrogens is 314 g/mol. The zero-order valence-electron chi connectivity index (χ0n) is 14.1. The second-order valence-corrected chi connectivity index (χ2v) is 6.39. The van der Waals surface area contributed by atoms with Gasteiger partial charge in [0.05, 0.1) is 0 Å². The number of carbonyl (C=O) groups is 2. The number of anilines is 1. The van der Waals surface area contributed by atoms with Crippen LogP contribution in [0, 0.1) is 0 Å². The normalized spacial score (nSPS) is 14.3. The van der Waals surface area contributed by atoms with Crippen LogP contribution in [0.5, 0.6) is 0 Å². The third kappa shape index (κ3) is 4.45. The van der Waals surface area contributed by atoms with Crippen molar-refractivity contribution in [3.63, 3.8) is 0 Å². The van der Waals surface area contributed by atoms with Crippen molar-refractivity contribution < 1.29 is 9.59 Å². The summed E-state index contributed by atoms with van der Waals surface area (Å²) in [6.07, 6.45) is 4.48. The summed E-state index contributed by atoms with van der Waals surface area (Å²) in [6.45, 7) is 0.451. The smallest absolute Gasteiger partial charge is 0.255 e. The van der Waals surface area contributed by atoms with Crippen LogP contribution in [0.4, 0.5) is 5.69 Å². The number of benzene rings is 2. The molecule has 0 heterocycles. The molecule has 0 unspecified atom stereocenters. The van der Waals surface area contributed by atoms with Crippen molar-refractivity contribution in [1.29, 1.82) is 0 Å². The van der Waals surface area contributed by atoms with Gasteiger partial charge in [-0.25, -0.2) is 0 Å². The molecule has 0 aromatic heterocycles. The molecule has 0 bridgehead atoms. The topological polar surface area (TPSA) is 84.2 Å². The van der Waals surface area contributed by atoms with E-state index in [1.165, 1.54) is 12.8 Å². The van der Waals surface area contributed by atoms with Gasteiger partial charge in [-0.1, -0.05) is 25.0 Å². The molecule has 0 spiro atoms. The van der Waals surface area contributed by atoms with Gasteiger partial charge in [-0.3, -0.25) is 9.59 Å². The number of nitrogens with two attached hydrogens (primary N) is 1. The maximum Gasteiger partial charge on any atom is 0.255 e. The quantitative estimate of drug-likeness (QED) is 0.784. The summed E-state index contributed by atoms with van der Waals surface area (Å²) < 4.78 is 0. The van der Waals surface area contributed by atoms with Crippen LogP contribution in [0.15, 0.2) is 48.5 Å². The van der Waals surface area contributed by atoms with E-state index in [2.05, 4.69) is 10.6 Å². The van der Waals surface area contributed by atoms with E-state index in [0.29, 0.717) is 29.4 Å². The van der Waals surface area contributed by atoms with E-state index < -0.39 is 0 Å². The van der Waals surface area contributed by atoms with Gasteiger partial charge in [0.2, 0.25) is 0 Å². The molecule has 1 aliphatic rings. The Balaban J connectivity index is 1.59. The maximum atomic E-state index is 12.2. The Labute approximate surface area is 147 Å². The minimum Gasteiger partial charge on any atom is -0.349 e. The Hall–Kier alpha value is -2.66. The molecule has 25 heavy (non-hydrogen) atoms. The first-order valence-corrected chi connectivity index (χ1v) is 8.67. The Bertz CT molecular complexity index is 733. The van der Waals surface area contributed by atoms with Gasteiger partial charge < -0.3 is 16.4 Å². The van der Waals surface area contributed by atoms with Gasteiger partial charge >= 0.3 is 0 Å². The van der Waals surface area contributed by atoms with Crippen molar-refractivity contribution in [3.8, 4) is 0 Å². The fraction of sp³-hybridized carbons (Fsp3) is 0.300. The van der Waals surface area contributed by atoms with Crippen LogP contribution >= 0.6 is 0 Å². The molecule has 0 saturated heterocycles. The minimum atomic E-state index is -0.188. The van der Waals surface area contributed by atoms with Crippen molar-refractivity contribution in [3.05, 3.63) is 65.2 Å². The molecule has 0 aliphatic heterocycles. The van der Waals surface area contributed by atoms with Crippen LogP contribution in [0.2, 0.25) is 0 Å². The Morgan fingerprint density at radius 3 is 2.04 bits per heavy atom. The highest BCUT2D eigenvalue weighted by atomic mass is 16.2. The third-order valence-corrected chi connectivity index (χ3v) is 4.55. The van der Waals surface area contributed by atoms with Gasteiger partial charge in [-0.2, -0.15) is 0 Å². The lowest BCUT2D eigenvalue weighted by molar-refractivity contribution is 0.0937. The molecule has 2 amide bonds. The summed E-state index contributed by atoms with van der Waals surface area (Å²) in [6, 6.07) is 14.4. The zero-order valence-corrected chi connectivity index (χ0v) is 14.1. The lowest BCUT2D eigenvalue weighted by Crippen LogP contribution is -2.32. The molecule has 1 aliphatic carbocycles. The van der Waals surface area contributed by atoms with E-state index in [-0.39, 0.29) is 11.8 Å². The Morgan fingerprint density at radius 1 is 0.880 bits per heavy atom. The highest BCUT2D eigenvalue weighted by molar-refractivity contribution is 6.04. The third-order valence-electron chi connectivity index (χ3n) is 4.55. The average molecular weight is 337 g/mol. The van der Waals surface area contributed by atoms with Gasteiger partial charge in [0, 0.05) is 29.4 Å². The first kappa shape index (κ1) is 17.2. The van der Waals surface area contributed by atoms with Gasteiger partial charge in [0.1, 0.15) is 0 Å². The van der Waals surface area contributed by atoms with Crippen molar-refractivity contribution in [2.45, 2.75) is 38.3 Å². The summed E-state index contributed by atoms with van der Waals surface area (Å²) >= 11 is 0. The second-order valence-electron chi connectivity index (χ2n) is 6.39. The summed E-state index contributed by atoms with van der Waals surface area (Å²) in [5.74, 6) is -0.242. The number of hydrogen-bond donors (Lipinski definition) is 3. The standard InChI is InChI=1S/C20H23N3O2/c21-13-14-5-7-15(8-6-14)19(24)23-18-11-9-16(10-12-18)20(25)22-17-3-1-2-4-17/h5-12,17H,1-4,13,21H2,(H,22,25)(H,23,24). The van der Waals surface area contributed by atoms with Crippen LogP contribution < -0.4 is 16.4 Å². The number of carbonyl (C=O) groups excluding carboxylic acids is 2. The molecule has 4 N–H and O–H groups in total. The van der Waals surface area contributed by atoms with Gasteiger partial charge in [-0.15, -0.1) is 0 Å². The van der Waals surface area contributed by atoms with Crippen molar-refractivity contribution >= 4 is 17.5 Å². The van der Waals surface area contributed by atoms with E-state index in [4.69, 9.17) is 5.73 Å². The van der Waals surface area contributed by atoms with Gasteiger partial charge in [0.15, 0.2) is 0 Å². The second kappa shape index (κ2) is 7.94. The fourth-order valence-electron chi connectivity index (χ4n) is 3.04. The summed E-state index contributed by atoms with van der Waals surface area (Å²) in [5.41, 5.74) is 8.37. The van der Waals surface area contributed by atoms with Crippen LogP contribution in [-0.4, -0.2) is 17.9 Å². The maximum absolute atomic E-state index is 12.2. The molecule has 130 valence electrons. The van der Waals surface area contributed by atoms with Crippen LogP contribution in [0.25, 0.3) is 0 Å². The van der Waals surface area contributed by atoms with E-state index in [0.717, 1.165) is 18.4 Å². The van der Waals surface area contributed by atoms with Crippen molar-refractivity contribution in [2.75, 3.05) is 5.32 Å². The predicted molar refractivity (Wildman–Crippen MR) is 98.5 cm³/mol. The largest absolute Gasteiger partial charge is 0.349 e. The average Bonchev–Trinajstić information content (AvgIpc) is 3.15. The Morgan fingerprint density at radius 2 is 1.44 bits per heavy atom. The monoisotopic (exact) mass is 337 g/mol. The van der Waals surface area contributed by atoms with Crippen LogP contribution in [0.1, 0.15) is 52.0 Å². The lowest BCUT2D eigenvalue weighted by atomic mass is 10.1. The van der Waals surface area contributed by atoms with E-state index >= 15 is 0 Å². The van der Waals surface area contributed by atoms with Crippen LogP contribution in [0.3, 0.4) is 0 Å².